The molecule has 0 bridgehead atoms. The van der Waals surface area contributed by atoms with Gasteiger partial charge in [-0.05, 0) is 12.1 Å². The fraction of sp³-hybridized carbons (Fsp3) is 0.762. The van der Waals surface area contributed by atoms with Gasteiger partial charge in [0, 0.05) is 12.4 Å². The van der Waals surface area contributed by atoms with Crippen LogP contribution in [0.1, 0.15) is 104 Å². The van der Waals surface area contributed by atoms with Gasteiger partial charge in [-0.3, -0.25) is 4.98 Å². The van der Waals surface area contributed by atoms with Crippen molar-refractivity contribution in [1.82, 2.24) is 4.98 Å². The second-order valence-electron chi connectivity index (χ2n) is 6.27. The maximum Gasteiger partial charge on any atom is 0.0267 e. The minimum absolute atomic E-state index is 0. The highest BCUT2D eigenvalue weighted by Crippen LogP contribution is 2.12. The Morgan fingerprint density at radius 1 is 0.478 bits per heavy atom. The molecule has 0 fully saturated rings. The molecule has 0 saturated heterocycles. The smallest absolute Gasteiger partial charge is 0.0267 e. The minimum atomic E-state index is 0. The Bertz CT molecular complexity index is 236. The predicted molar refractivity (Wildman–Crippen MR) is 111 cm³/mol. The number of halogens is 1. The Morgan fingerprint density at radius 3 is 0.957 bits per heavy atom. The number of hydrogen-bond donors (Lipinski definition) is 0. The van der Waals surface area contributed by atoms with Gasteiger partial charge in [-0.2, -0.15) is 0 Å². The largest absolute Gasteiger partial charge is 0.265 e. The van der Waals surface area contributed by atoms with Crippen LogP contribution in [-0.4, -0.2) is 4.98 Å². The lowest BCUT2D eigenvalue weighted by atomic mass is 10.0. The molecule has 0 aliphatic carbocycles. The van der Waals surface area contributed by atoms with Crippen molar-refractivity contribution >= 4 is 17.0 Å². The fourth-order valence-corrected chi connectivity index (χ4v) is 2.58. The van der Waals surface area contributed by atoms with Crippen LogP contribution in [0.3, 0.4) is 0 Å². The lowest BCUT2D eigenvalue weighted by Crippen LogP contribution is -1.82. The van der Waals surface area contributed by atoms with Crippen molar-refractivity contribution in [3.63, 3.8) is 0 Å². The van der Waals surface area contributed by atoms with E-state index in [2.05, 4.69) is 18.8 Å². The molecule has 0 radical (unpaired) electrons. The van der Waals surface area contributed by atoms with Gasteiger partial charge in [0.1, 0.15) is 0 Å². The van der Waals surface area contributed by atoms with Gasteiger partial charge in [-0.1, -0.05) is 110 Å². The Hall–Kier alpha value is -0.370. The molecule has 0 aromatic carbocycles. The number of rotatable bonds is 13. The average Bonchev–Trinajstić information content (AvgIpc) is 2.58. The highest BCUT2D eigenvalue weighted by atomic mass is 79.9. The molecule has 0 atom stereocenters. The van der Waals surface area contributed by atoms with Gasteiger partial charge < -0.3 is 0 Å². The Balaban J connectivity index is 0. The van der Waals surface area contributed by atoms with Crippen LogP contribution in [0.25, 0.3) is 0 Å². The van der Waals surface area contributed by atoms with E-state index in [1.54, 1.807) is 12.4 Å². The predicted octanol–water partition coefficient (Wildman–Crippen LogP) is 8.15. The van der Waals surface area contributed by atoms with E-state index in [1.165, 1.54) is 89.9 Å². The van der Waals surface area contributed by atoms with Crippen LogP contribution >= 0.6 is 17.0 Å². The van der Waals surface area contributed by atoms with E-state index in [9.17, 15) is 0 Å². The molecule has 0 N–H and O–H groups in total. The number of unbranched alkanes of at least 4 members (excludes halogenated alkanes) is 13. The monoisotopic (exact) mass is 385 g/mol. The van der Waals surface area contributed by atoms with Gasteiger partial charge in [0.15, 0.2) is 0 Å². The van der Waals surface area contributed by atoms with Gasteiger partial charge in [0.05, 0.1) is 0 Å². The topological polar surface area (TPSA) is 12.9 Å². The first-order valence-corrected chi connectivity index (χ1v) is 9.76. The number of hydrogen-bond acceptors (Lipinski definition) is 1. The molecule has 0 aliphatic rings. The van der Waals surface area contributed by atoms with Gasteiger partial charge >= 0.3 is 0 Å². The summed E-state index contributed by atoms with van der Waals surface area (Å²) in [6, 6.07) is 5.72. The van der Waals surface area contributed by atoms with Gasteiger partial charge in [-0.25, -0.2) is 0 Å². The summed E-state index contributed by atoms with van der Waals surface area (Å²) in [6.45, 7) is 4.58. The summed E-state index contributed by atoms with van der Waals surface area (Å²) < 4.78 is 0. The molecule has 1 aromatic rings. The van der Waals surface area contributed by atoms with Crippen molar-refractivity contribution in [2.24, 2.45) is 0 Å². The van der Waals surface area contributed by atoms with Crippen LogP contribution in [-0.2, 0) is 0 Å². The quantitative estimate of drug-likeness (QED) is 0.312. The summed E-state index contributed by atoms with van der Waals surface area (Å²) in [5, 5.41) is 0. The highest BCUT2D eigenvalue weighted by molar-refractivity contribution is 8.93. The number of pyridine rings is 1. The van der Waals surface area contributed by atoms with Crippen LogP contribution in [0.2, 0.25) is 0 Å². The van der Waals surface area contributed by atoms with Crippen molar-refractivity contribution < 1.29 is 0 Å². The normalized spacial score (nSPS) is 9.65. The van der Waals surface area contributed by atoms with E-state index in [0.29, 0.717) is 0 Å². The van der Waals surface area contributed by atoms with E-state index in [0.717, 1.165) is 0 Å². The molecule has 1 nitrogen and oxygen atoms in total. The molecule has 0 amide bonds. The van der Waals surface area contributed by atoms with Crippen LogP contribution in [0.4, 0.5) is 0 Å². The summed E-state index contributed by atoms with van der Waals surface area (Å²) in [7, 11) is 0. The molecule has 0 unspecified atom stereocenters. The fourth-order valence-electron chi connectivity index (χ4n) is 2.58. The molecular weight excluding hydrogens is 346 g/mol. The average molecular weight is 386 g/mol. The molecule has 2 heteroatoms. The maximum absolute atomic E-state index is 3.78. The van der Waals surface area contributed by atoms with Crippen molar-refractivity contribution in [2.75, 3.05) is 0 Å². The Labute approximate surface area is 156 Å². The van der Waals surface area contributed by atoms with E-state index in [-0.39, 0.29) is 17.0 Å². The van der Waals surface area contributed by atoms with Crippen molar-refractivity contribution in [1.29, 1.82) is 0 Å². The molecule has 0 spiro atoms. The summed E-state index contributed by atoms with van der Waals surface area (Å²) in [4.78, 5) is 3.78. The Kier molecular flexibility index (Phi) is 25.8. The molecule has 1 rings (SSSR count). The van der Waals surface area contributed by atoms with Crippen molar-refractivity contribution in [2.45, 2.75) is 104 Å². The van der Waals surface area contributed by atoms with Gasteiger partial charge in [0.2, 0.25) is 0 Å². The zero-order valence-corrected chi connectivity index (χ0v) is 17.4. The summed E-state index contributed by atoms with van der Waals surface area (Å²) in [5.74, 6) is 0. The lowest BCUT2D eigenvalue weighted by Gasteiger charge is -2.02. The second kappa shape index (κ2) is 23.9. The first-order chi connectivity index (χ1) is 10.9. The van der Waals surface area contributed by atoms with Crippen LogP contribution in [0, 0.1) is 0 Å². The van der Waals surface area contributed by atoms with Crippen molar-refractivity contribution in [3.8, 4) is 0 Å². The maximum atomic E-state index is 3.78. The van der Waals surface area contributed by atoms with Gasteiger partial charge in [0.25, 0.3) is 0 Å². The standard InChI is InChI=1S/C16H34.C5H5N.BrH/c1-3-5-7-9-11-13-15-16-14-12-10-8-6-4-2;1-2-4-6-5-3-1;/h3-16H2,1-2H3;1-5H;1H. The lowest BCUT2D eigenvalue weighted by molar-refractivity contribution is 0.538. The second-order valence-corrected chi connectivity index (χ2v) is 6.27. The summed E-state index contributed by atoms with van der Waals surface area (Å²) in [5.41, 5.74) is 0. The zero-order valence-electron chi connectivity index (χ0n) is 15.6. The van der Waals surface area contributed by atoms with E-state index < -0.39 is 0 Å². The third-order valence-corrected chi connectivity index (χ3v) is 4.02. The summed E-state index contributed by atoms with van der Waals surface area (Å²) in [6.07, 6.45) is 23.9. The third kappa shape index (κ3) is 24.0. The van der Waals surface area contributed by atoms with Crippen molar-refractivity contribution in [3.05, 3.63) is 30.6 Å². The van der Waals surface area contributed by atoms with E-state index in [1.807, 2.05) is 18.2 Å². The molecule has 136 valence electrons. The highest BCUT2D eigenvalue weighted by Gasteiger charge is 1.92. The molecular formula is C21H40BrN. The van der Waals surface area contributed by atoms with E-state index >= 15 is 0 Å². The molecule has 0 saturated carbocycles. The zero-order chi connectivity index (χ0) is 16.1. The number of aromatic nitrogens is 1. The molecule has 23 heavy (non-hydrogen) atoms. The first kappa shape index (κ1) is 24.9. The Morgan fingerprint density at radius 2 is 0.783 bits per heavy atom. The van der Waals surface area contributed by atoms with E-state index in [4.69, 9.17) is 0 Å². The molecule has 1 heterocycles. The first-order valence-electron chi connectivity index (χ1n) is 9.76. The molecule has 0 aliphatic heterocycles. The summed E-state index contributed by atoms with van der Waals surface area (Å²) >= 11 is 0. The SMILES string of the molecule is Br.CCCCCCCCCCCCCCCC.c1ccncc1. The van der Waals surface area contributed by atoms with Crippen LogP contribution < -0.4 is 0 Å². The number of nitrogens with zero attached hydrogens (tertiary/aromatic N) is 1. The minimum Gasteiger partial charge on any atom is -0.265 e. The third-order valence-electron chi connectivity index (χ3n) is 4.02. The molecule has 1 aromatic heterocycles. The van der Waals surface area contributed by atoms with Gasteiger partial charge in [-0.15, -0.1) is 17.0 Å². The van der Waals surface area contributed by atoms with Crippen LogP contribution in [0.15, 0.2) is 30.6 Å². The van der Waals surface area contributed by atoms with Crippen LogP contribution in [0.5, 0.6) is 0 Å².